The minimum atomic E-state index is 0.374. The second-order valence-electron chi connectivity index (χ2n) is 4.77. The number of hydrogen-bond donors (Lipinski definition) is 0. The predicted octanol–water partition coefficient (Wildman–Crippen LogP) is 5.00. The Balaban J connectivity index is 2.41. The molecule has 0 unspecified atom stereocenters. The normalized spacial score (nSPS) is 12.7. The van der Waals surface area contributed by atoms with Gasteiger partial charge in [0.05, 0.1) is 0 Å². The van der Waals surface area contributed by atoms with Gasteiger partial charge in [0, 0.05) is 5.57 Å². The maximum absolute atomic E-state index is 5.77. The maximum atomic E-state index is 5.77. The van der Waals surface area contributed by atoms with Gasteiger partial charge in [0.2, 0.25) is 5.89 Å². The number of fused-ring (bicyclic) bond motifs is 1. The zero-order chi connectivity index (χ0) is 13.8. The van der Waals surface area contributed by atoms with E-state index in [1.165, 1.54) is 0 Å². The predicted molar refractivity (Wildman–Crippen MR) is 80.8 cm³/mol. The van der Waals surface area contributed by atoms with E-state index in [2.05, 4.69) is 31.5 Å². The summed E-state index contributed by atoms with van der Waals surface area (Å²) < 4.78 is 5.77. The molecule has 1 aromatic carbocycles. The van der Waals surface area contributed by atoms with Gasteiger partial charge in [-0.2, -0.15) is 0 Å². The van der Waals surface area contributed by atoms with E-state index in [1.807, 2.05) is 43.3 Å². The van der Waals surface area contributed by atoms with Crippen LogP contribution in [0.4, 0.5) is 0 Å². The third-order valence-electron chi connectivity index (χ3n) is 2.99. The van der Waals surface area contributed by atoms with Crippen LogP contribution in [0.2, 0.25) is 0 Å². The molecule has 2 rings (SSSR count). The Labute approximate surface area is 114 Å². The molecule has 1 heterocycles. The van der Waals surface area contributed by atoms with E-state index in [0.717, 1.165) is 22.2 Å². The molecular weight excluding hydrogens is 234 g/mol. The Kier molecular flexibility index (Phi) is 4.00. The molecule has 0 saturated heterocycles. The van der Waals surface area contributed by atoms with Crippen LogP contribution in [0.3, 0.4) is 0 Å². The minimum Gasteiger partial charge on any atom is -0.436 e. The molecule has 0 saturated carbocycles. The molecule has 19 heavy (non-hydrogen) atoms. The van der Waals surface area contributed by atoms with E-state index in [4.69, 9.17) is 4.42 Å². The van der Waals surface area contributed by atoms with Crippen molar-refractivity contribution in [3.8, 4) is 0 Å². The summed E-state index contributed by atoms with van der Waals surface area (Å²) in [5, 5.41) is 0. The van der Waals surface area contributed by atoms with Crippen LogP contribution in [-0.4, -0.2) is 4.98 Å². The van der Waals surface area contributed by atoms with Gasteiger partial charge >= 0.3 is 0 Å². The average molecular weight is 253 g/mol. The van der Waals surface area contributed by atoms with Crippen LogP contribution in [0.5, 0.6) is 0 Å². The standard InChI is InChI=1S/C17H19NO/c1-5-6-9-14(12(2)3)13(4)17-18-15-10-7-8-11-16(15)19-17/h5-12H,4H2,1-3H3/b6-5-,14-9-. The van der Waals surface area contributed by atoms with Crippen molar-refractivity contribution in [2.75, 3.05) is 0 Å². The van der Waals surface area contributed by atoms with Crippen molar-refractivity contribution < 1.29 is 4.42 Å². The molecule has 0 radical (unpaired) electrons. The SMILES string of the molecule is C=C(/C(=C\C=C/C)C(C)C)c1nc2ccccc2o1. The highest BCUT2D eigenvalue weighted by Crippen LogP contribution is 2.29. The molecule has 1 aromatic heterocycles. The third kappa shape index (κ3) is 2.84. The summed E-state index contributed by atoms with van der Waals surface area (Å²) in [5.74, 6) is 0.976. The van der Waals surface area contributed by atoms with Crippen LogP contribution >= 0.6 is 0 Å². The Bertz CT molecular complexity index is 611. The molecule has 0 fully saturated rings. The summed E-state index contributed by atoms with van der Waals surface area (Å²) in [6.07, 6.45) is 6.09. The van der Waals surface area contributed by atoms with Gasteiger partial charge in [0.25, 0.3) is 0 Å². The van der Waals surface area contributed by atoms with E-state index >= 15 is 0 Å². The molecule has 0 bridgehead atoms. The van der Waals surface area contributed by atoms with Gasteiger partial charge in [0.1, 0.15) is 5.52 Å². The lowest BCUT2D eigenvalue weighted by atomic mass is 9.95. The fourth-order valence-corrected chi connectivity index (χ4v) is 1.97. The first-order valence-electron chi connectivity index (χ1n) is 6.51. The molecule has 0 amide bonds. The topological polar surface area (TPSA) is 26.0 Å². The highest BCUT2D eigenvalue weighted by molar-refractivity contribution is 5.80. The van der Waals surface area contributed by atoms with Gasteiger partial charge in [-0.05, 0) is 30.5 Å². The van der Waals surface area contributed by atoms with Gasteiger partial charge in [0.15, 0.2) is 5.58 Å². The highest BCUT2D eigenvalue weighted by Gasteiger charge is 2.14. The van der Waals surface area contributed by atoms with Crippen molar-refractivity contribution in [3.63, 3.8) is 0 Å². The number of para-hydroxylation sites is 2. The Morgan fingerprint density at radius 2 is 2.05 bits per heavy atom. The van der Waals surface area contributed by atoms with Gasteiger partial charge in [-0.3, -0.25) is 0 Å². The lowest BCUT2D eigenvalue weighted by molar-refractivity contribution is 0.582. The van der Waals surface area contributed by atoms with Crippen LogP contribution in [0.25, 0.3) is 16.7 Å². The van der Waals surface area contributed by atoms with Crippen molar-refractivity contribution in [3.05, 3.63) is 60.5 Å². The number of hydrogen-bond acceptors (Lipinski definition) is 2. The Morgan fingerprint density at radius 3 is 2.68 bits per heavy atom. The first-order chi connectivity index (χ1) is 9.13. The molecule has 98 valence electrons. The number of nitrogens with zero attached hydrogens (tertiary/aromatic N) is 1. The smallest absolute Gasteiger partial charge is 0.226 e. The average Bonchev–Trinajstić information content (AvgIpc) is 2.82. The second kappa shape index (κ2) is 5.70. The lowest BCUT2D eigenvalue weighted by Crippen LogP contribution is -1.97. The fraction of sp³-hybridized carbons (Fsp3) is 0.235. The molecule has 2 aromatic rings. The molecule has 2 heteroatoms. The summed E-state index contributed by atoms with van der Waals surface area (Å²) in [6.45, 7) is 10.4. The van der Waals surface area contributed by atoms with Crippen molar-refractivity contribution in [2.24, 2.45) is 5.92 Å². The van der Waals surface area contributed by atoms with Gasteiger partial charge in [-0.25, -0.2) is 4.98 Å². The number of benzene rings is 1. The lowest BCUT2D eigenvalue weighted by Gasteiger charge is -2.10. The molecule has 0 aliphatic rings. The number of allylic oxidation sites excluding steroid dienone is 5. The van der Waals surface area contributed by atoms with Crippen LogP contribution in [0.1, 0.15) is 26.7 Å². The molecule has 0 atom stereocenters. The van der Waals surface area contributed by atoms with Crippen LogP contribution in [0, 0.1) is 5.92 Å². The molecule has 0 spiro atoms. The largest absolute Gasteiger partial charge is 0.436 e. The van der Waals surface area contributed by atoms with Crippen molar-refractivity contribution in [2.45, 2.75) is 20.8 Å². The van der Waals surface area contributed by atoms with Crippen LogP contribution < -0.4 is 0 Å². The van der Waals surface area contributed by atoms with Crippen LogP contribution in [-0.2, 0) is 0 Å². The van der Waals surface area contributed by atoms with E-state index in [-0.39, 0.29) is 0 Å². The zero-order valence-electron chi connectivity index (χ0n) is 11.7. The maximum Gasteiger partial charge on any atom is 0.226 e. The van der Waals surface area contributed by atoms with E-state index in [9.17, 15) is 0 Å². The first kappa shape index (κ1) is 13.3. The molecule has 0 aliphatic heterocycles. The van der Waals surface area contributed by atoms with Crippen molar-refractivity contribution in [1.82, 2.24) is 4.98 Å². The van der Waals surface area contributed by atoms with E-state index in [1.54, 1.807) is 0 Å². The first-order valence-corrected chi connectivity index (χ1v) is 6.51. The quantitative estimate of drug-likeness (QED) is 0.717. The fourth-order valence-electron chi connectivity index (χ4n) is 1.97. The number of rotatable bonds is 4. The molecular formula is C17H19NO. The van der Waals surface area contributed by atoms with Crippen molar-refractivity contribution in [1.29, 1.82) is 0 Å². The van der Waals surface area contributed by atoms with Gasteiger partial charge < -0.3 is 4.42 Å². The molecule has 2 nitrogen and oxygen atoms in total. The summed E-state index contributed by atoms with van der Waals surface area (Å²) in [7, 11) is 0. The third-order valence-corrected chi connectivity index (χ3v) is 2.99. The molecule has 0 aliphatic carbocycles. The number of oxazole rings is 1. The highest BCUT2D eigenvalue weighted by atomic mass is 16.3. The number of aromatic nitrogens is 1. The van der Waals surface area contributed by atoms with Gasteiger partial charge in [-0.15, -0.1) is 0 Å². The van der Waals surface area contributed by atoms with E-state index in [0.29, 0.717) is 11.8 Å². The van der Waals surface area contributed by atoms with E-state index < -0.39 is 0 Å². The monoisotopic (exact) mass is 253 g/mol. The molecule has 0 N–H and O–H groups in total. The Hall–Kier alpha value is -2.09. The minimum absolute atomic E-state index is 0.374. The summed E-state index contributed by atoms with van der Waals surface area (Å²) in [4.78, 5) is 4.49. The summed E-state index contributed by atoms with van der Waals surface area (Å²) >= 11 is 0. The second-order valence-corrected chi connectivity index (χ2v) is 4.77. The summed E-state index contributed by atoms with van der Waals surface area (Å²) in [5.41, 5.74) is 3.66. The van der Waals surface area contributed by atoms with Crippen molar-refractivity contribution >= 4 is 16.7 Å². The Morgan fingerprint density at radius 1 is 1.32 bits per heavy atom. The van der Waals surface area contributed by atoms with Crippen LogP contribution in [0.15, 0.2) is 59.1 Å². The summed E-state index contributed by atoms with van der Waals surface area (Å²) in [6, 6.07) is 7.76. The van der Waals surface area contributed by atoms with Gasteiger partial charge in [-0.1, -0.05) is 50.8 Å². The zero-order valence-corrected chi connectivity index (χ0v) is 11.7.